The topological polar surface area (TPSA) is 40.6 Å². The van der Waals surface area contributed by atoms with Gasteiger partial charge in [-0.1, -0.05) is 18.2 Å². The van der Waals surface area contributed by atoms with Crippen LogP contribution < -0.4 is 0 Å². The van der Waals surface area contributed by atoms with Crippen LogP contribution in [0.25, 0.3) is 0 Å². The lowest BCUT2D eigenvalue weighted by molar-refractivity contribution is -0.134. The summed E-state index contributed by atoms with van der Waals surface area (Å²) in [6.07, 6.45) is 9.24. The van der Waals surface area contributed by atoms with E-state index in [1.54, 1.807) is 0 Å². The molecule has 1 aromatic rings. The summed E-state index contributed by atoms with van der Waals surface area (Å²) in [5, 5.41) is 0. The molecule has 4 heteroatoms. The SMILES string of the molecule is CN(CC1CC1)C[C@@H]1CCCCN1C(=O)Cc1ccc2c(c1)CCCC2=O. The van der Waals surface area contributed by atoms with Gasteiger partial charge < -0.3 is 9.80 Å². The largest absolute Gasteiger partial charge is 0.338 e. The fourth-order valence-electron chi connectivity index (χ4n) is 4.78. The summed E-state index contributed by atoms with van der Waals surface area (Å²) in [6, 6.07) is 6.38. The van der Waals surface area contributed by atoms with Crippen LogP contribution >= 0.6 is 0 Å². The third kappa shape index (κ3) is 4.60. The number of nitrogens with zero attached hydrogens (tertiary/aromatic N) is 2. The molecule has 2 fully saturated rings. The van der Waals surface area contributed by atoms with E-state index in [-0.39, 0.29) is 11.7 Å². The molecule has 3 aliphatic rings. The lowest BCUT2D eigenvalue weighted by atomic mass is 9.89. The van der Waals surface area contributed by atoms with Gasteiger partial charge in [0.1, 0.15) is 0 Å². The first kappa shape index (κ1) is 18.7. The van der Waals surface area contributed by atoms with E-state index >= 15 is 0 Å². The van der Waals surface area contributed by atoms with E-state index in [0.29, 0.717) is 18.9 Å². The highest BCUT2D eigenvalue weighted by molar-refractivity contribution is 5.98. The number of rotatable bonds is 6. The third-order valence-electron chi connectivity index (χ3n) is 6.41. The van der Waals surface area contributed by atoms with Crippen LogP contribution in [0.2, 0.25) is 0 Å². The van der Waals surface area contributed by atoms with Crippen molar-refractivity contribution in [2.75, 3.05) is 26.7 Å². The number of likely N-dealkylation sites (tertiary alicyclic amines) is 1. The molecule has 1 aromatic carbocycles. The Labute approximate surface area is 162 Å². The molecule has 1 saturated carbocycles. The Balaban J connectivity index is 1.40. The zero-order valence-corrected chi connectivity index (χ0v) is 16.6. The second-order valence-electron chi connectivity index (χ2n) is 8.85. The van der Waals surface area contributed by atoms with Crippen LogP contribution in [-0.2, 0) is 17.6 Å². The number of carbonyl (C=O) groups excluding carboxylic acids is 2. The van der Waals surface area contributed by atoms with Crippen LogP contribution in [0.15, 0.2) is 18.2 Å². The van der Waals surface area contributed by atoms with Crippen LogP contribution in [0.1, 0.15) is 66.4 Å². The Morgan fingerprint density at radius 3 is 2.78 bits per heavy atom. The lowest BCUT2D eigenvalue weighted by Crippen LogP contribution is -2.49. The average Bonchev–Trinajstić information content (AvgIpc) is 3.46. The molecule has 1 amide bonds. The fourth-order valence-corrected chi connectivity index (χ4v) is 4.78. The van der Waals surface area contributed by atoms with E-state index in [4.69, 9.17) is 0 Å². The van der Waals surface area contributed by atoms with Gasteiger partial charge >= 0.3 is 0 Å². The standard InChI is InChI=1S/C23H32N2O2/c1-24(15-17-8-9-17)16-20-6-2-3-12-25(20)23(27)14-18-10-11-21-19(13-18)5-4-7-22(21)26/h10-11,13,17,20H,2-9,12,14-16H2,1H3/t20-/m0/s1. The number of likely N-dealkylation sites (N-methyl/N-ethyl adjacent to an activating group) is 1. The fraction of sp³-hybridized carbons (Fsp3) is 0.652. The average molecular weight is 369 g/mol. The molecule has 0 unspecified atom stereocenters. The molecule has 146 valence electrons. The highest BCUT2D eigenvalue weighted by atomic mass is 16.2. The monoisotopic (exact) mass is 368 g/mol. The lowest BCUT2D eigenvalue weighted by Gasteiger charge is -2.38. The smallest absolute Gasteiger partial charge is 0.227 e. The molecular weight excluding hydrogens is 336 g/mol. The maximum atomic E-state index is 13.1. The highest BCUT2D eigenvalue weighted by Gasteiger charge is 2.30. The van der Waals surface area contributed by atoms with Crippen molar-refractivity contribution in [1.82, 2.24) is 9.80 Å². The van der Waals surface area contributed by atoms with Crippen molar-refractivity contribution in [2.24, 2.45) is 5.92 Å². The third-order valence-corrected chi connectivity index (χ3v) is 6.41. The summed E-state index contributed by atoms with van der Waals surface area (Å²) < 4.78 is 0. The Kier molecular flexibility index (Phi) is 5.63. The molecule has 1 saturated heterocycles. The molecule has 4 nitrogen and oxygen atoms in total. The van der Waals surface area contributed by atoms with Crippen LogP contribution in [0.3, 0.4) is 0 Å². The van der Waals surface area contributed by atoms with Crippen LogP contribution in [0.4, 0.5) is 0 Å². The molecule has 0 bridgehead atoms. The number of ketones is 1. The molecule has 4 rings (SSSR count). The molecule has 1 heterocycles. The van der Waals surface area contributed by atoms with Crippen LogP contribution in [0.5, 0.6) is 0 Å². The number of carbonyl (C=O) groups is 2. The molecule has 0 aromatic heterocycles. The Bertz CT molecular complexity index is 710. The van der Waals surface area contributed by atoms with Gasteiger partial charge in [0.25, 0.3) is 0 Å². The molecule has 1 atom stereocenters. The van der Waals surface area contributed by atoms with Crippen molar-refractivity contribution in [3.8, 4) is 0 Å². The van der Waals surface area contributed by atoms with Crippen molar-refractivity contribution in [3.05, 3.63) is 34.9 Å². The number of Topliss-reactive ketones (excluding diaryl/α,β-unsaturated/α-hetero) is 1. The van der Waals surface area contributed by atoms with Crippen molar-refractivity contribution >= 4 is 11.7 Å². The second-order valence-corrected chi connectivity index (χ2v) is 8.85. The first-order valence-electron chi connectivity index (χ1n) is 10.7. The number of hydrogen-bond acceptors (Lipinski definition) is 3. The predicted molar refractivity (Wildman–Crippen MR) is 107 cm³/mol. The number of aryl methyl sites for hydroxylation is 1. The van der Waals surface area contributed by atoms with Gasteiger partial charge in [0.05, 0.1) is 6.42 Å². The quantitative estimate of drug-likeness (QED) is 0.772. The highest BCUT2D eigenvalue weighted by Crippen LogP contribution is 2.30. The molecule has 2 aliphatic carbocycles. The molecule has 0 radical (unpaired) electrons. The van der Waals surface area contributed by atoms with E-state index in [1.807, 2.05) is 12.1 Å². The number of benzene rings is 1. The van der Waals surface area contributed by atoms with Crippen LogP contribution in [0, 0.1) is 5.92 Å². The number of fused-ring (bicyclic) bond motifs is 1. The van der Waals surface area contributed by atoms with Crippen LogP contribution in [-0.4, -0.2) is 54.2 Å². The van der Waals surface area contributed by atoms with Gasteiger partial charge in [-0.25, -0.2) is 0 Å². The first-order valence-corrected chi connectivity index (χ1v) is 10.7. The van der Waals surface area contributed by atoms with E-state index in [9.17, 15) is 9.59 Å². The van der Waals surface area contributed by atoms with E-state index in [2.05, 4.69) is 22.9 Å². The normalized spacial score (nSPS) is 22.8. The maximum Gasteiger partial charge on any atom is 0.227 e. The molecule has 1 aliphatic heterocycles. The Hall–Kier alpha value is -1.68. The summed E-state index contributed by atoms with van der Waals surface area (Å²) in [5.74, 6) is 1.39. The zero-order chi connectivity index (χ0) is 18.8. The molecular formula is C23H32N2O2. The van der Waals surface area contributed by atoms with Gasteiger partial charge in [-0.2, -0.15) is 0 Å². The Morgan fingerprint density at radius 1 is 1.11 bits per heavy atom. The van der Waals surface area contributed by atoms with Gasteiger partial charge in [-0.05, 0) is 69.0 Å². The van der Waals surface area contributed by atoms with Gasteiger partial charge in [-0.3, -0.25) is 9.59 Å². The minimum Gasteiger partial charge on any atom is -0.338 e. The minimum atomic E-state index is 0.251. The zero-order valence-electron chi connectivity index (χ0n) is 16.6. The summed E-state index contributed by atoms with van der Waals surface area (Å²) >= 11 is 0. The summed E-state index contributed by atoms with van der Waals surface area (Å²) in [7, 11) is 2.20. The molecule has 27 heavy (non-hydrogen) atoms. The van der Waals surface area contributed by atoms with Gasteiger partial charge in [-0.15, -0.1) is 0 Å². The summed E-state index contributed by atoms with van der Waals surface area (Å²) in [6.45, 7) is 3.07. The maximum absolute atomic E-state index is 13.1. The van der Waals surface area contributed by atoms with E-state index < -0.39 is 0 Å². The summed E-state index contributed by atoms with van der Waals surface area (Å²) in [4.78, 5) is 29.6. The van der Waals surface area contributed by atoms with Gasteiger partial charge in [0.15, 0.2) is 5.78 Å². The van der Waals surface area contributed by atoms with Gasteiger partial charge in [0.2, 0.25) is 5.91 Å². The number of hydrogen-bond donors (Lipinski definition) is 0. The Morgan fingerprint density at radius 2 is 1.96 bits per heavy atom. The van der Waals surface area contributed by atoms with Crippen molar-refractivity contribution < 1.29 is 9.59 Å². The van der Waals surface area contributed by atoms with Gasteiger partial charge in [0, 0.05) is 37.7 Å². The van der Waals surface area contributed by atoms with E-state index in [1.165, 1.54) is 25.8 Å². The second kappa shape index (κ2) is 8.14. The minimum absolute atomic E-state index is 0.251. The van der Waals surface area contributed by atoms with Crippen molar-refractivity contribution in [1.29, 1.82) is 0 Å². The van der Waals surface area contributed by atoms with Crippen molar-refractivity contribution in [2.45, 2.75) is 63.8 Å². The van der Waals surface area contributed by atoms with E-state index in [0.717, 1.165) is 61.4 Å². The first-order chi connectivity index (χ1) is 13.1. The molecule has 0 N–H and O–H groups in total. The number of piperidine rings is 1. The summed E-state index contributed by atoms with van der Waals surface area (Å²) in [5.41, 5.74) is 3.06. The predicted octanol–water partition coefficient (Wildman–Crippen LogP) is 3.47. The van der Waals surface area contributed by atoms with Crippen molar-refractivity contribution in [3.63, 3.8) is 0 Å². The number of amides is 1. The molecule has 0 spiro atoms.